The molecule has 0 bridgehead atoms. The van der Waals surface area contributed by atoms with Crippen LogP contribution in [0, 0.1) is 0 Å². The van der Waals surface area contributed by atoms with Gasteiger partial charge in [0.25, 0.3) is 0 Å². The van der Waals surface area contributed by atoms with Gasteiger partial charge in [0.05, 0.1) is 5.52 Å². The van der Waals surface area contributed by atoms with Gasteiger partial charge in [-0.1, -0.05) is 140 Å². The van der Waals surface area contributed by atoms with E-state index >= 15 is 0 Å². The maximum atomic E-state index is 12.7. The summed E-state index contributed by atoms with van der Waals surface area (Å²) in [5.41, 5.74) is 7.90. The van der Waals surface area contributed by atoms with Gasteiger partial charge in [-0.05, 0) is 64.1 Å². The number of amides is 1. The molecule has 1 aliphatic heterocycles. The van der Waals surface area contributed by atoms with Crippen LogP contribution >= 0.6 is 0 Å². The molecule has 0 saturated carbocycles. The molecule has 1 amide bonds. The summed E-state index contributed by atoms with van der Waals surface area (Å²) in [7, 11) is 0. The van der Waals surface area contributed by atoms with Crippen LogP contribution < -0.4 is 14.8 Å². The zero-order valence-corrected chi connectivity index (χ0v) is 35.3. The number of tetrazole rings is 1. The number of aryl methyl sites for hydroxylation is 1. The molecule has 0 spiro atoms. The normalized spacial score (nSPS) is 14.1. The Morgan fingerprint density at radius 1 is 0.746 bits per heavy atom. The second-order valence-corrected chi connectivity index (χ2v) is 15.4. The van der Waals surface area contributed by atoms with Crippen molar-refractivity contribution in [3.8, 4) is 34.1 Å². The largest absolute Gasteiger partial charge is 0.486 e. The average molecular weight is 837 g/mol. The maximum absolute atomic E-state index is 12.7. The predicted molar refractivity (Wildman–Crippen MR) is 242 cm³/mol. The van der Waals surface area contributed by atoms with Crippen molar-refractivity contribution in [2.75, 3.05) is 32.8 Å². The Morgan fingerprint density at radius 3 is 2.06 bits per heavy atom. The summed E-state index contributed by atoms with van der Waals surface area (Å²) < 4.78 is 18.1. The first-order chi connectivity index (χ1) is 31.0. The van der Waals surface area contributed by atoms with Crippen molar-refractivity contribution in [2.24, 2.45) is 0 Å². The highest BCUT2D eigenvalue weighted by Gasteiger charge is 2.41. The van der Waals surface area contributed by atoms with Gasteiger partial charge in [-0.15, -0.1) is 15.0 Å². The molecule has 0 aliphatic carbocycles. The Hall–Kier alpha value is -7.44. The predicted octanol–water partition coefficient (Wildman–Crippen LogP) is 8.74. The second kappa shape index (κ2) is 18.7. The smallest absolute Gasteiger partial charge is 0.410 e. The van der Waals surface area contributed by atoms with Crippen LogP contribution in [0.25, 0.3) is 33.5 Å². The topological polar surface area (TPSA) is 129 Å². The van der Waals surface area contributed by atoms with Crippen molar-refractivity contribution in [3.63, 3.8) is 0 Å². The number of pyridine rings is 2. The molecule has 12 nitrogen and oxygen atoms in total. The van der Waals surface area contributed by atoms with E-state index in [9.17, 15) is 4.79 Å². The Labute approximate surface area is 366 Å². The first-order valence-corrected chi connectivity index (χ1v) is 21.4. The zero-order valence-electron chi connectivity index (χ0n) is 35.3. The number of hydrogen-bond acceptors (Lipinski definition) is 10. The number of rotatable bonds is 14. The molecule has 3 aromatic heterocycles. The SMILES string of the molecule is CCc1cc(OCc2ccc(-c3ccccc3)c(-c3nnn(C(c4ccccc4)(c4ccccc4)c4ccccc4)n3)c2)c2nc(OCCOC(=O)N3CCNCC3C)ccc2n1. The van der Waals surface area contributed by atoms with E-state index in [4.69, 9.17) is 39.6 Å². The van der Waals surface area contributed by atoms with Gasteiger partial charge in [-0.3, -0.25) is 4.98 Å². The summed E-state index contributed by atoms with van der Waals surface area (Å²) >= 11 is 0. The third kappa shape index (κ3) is 8.58. The van der Waals surface area contributed by atoms with E-state index in [1.54, 1.807) is 15.8 Å². The van der Waals surface area contributed by atoms with Gasteiger partial charge in [0, 0.05) is 49.1 Å². The molecular formula is C51H48N8O4. The fourth-order valence-corrected chi connectivity index (χ4v) is 8.20. The number of nitrogens with one attached hydrogen (secondary N) is 1. The van der Waals surface area contributed by atoms with Crippen molar-refractivity contribution >= 4 is 17.1 Å². The highest BCUT2D eigenvalue weighted by atomic mass is 16.6. The monoisotopic (exact) mass is 836 g/mol. The Kier molecular flexibility index (Phi) is 12.1. The van der Waals surface area contributed by atoms with Gasteiger partial charge in [0.1, 0.15) is 31.1 Å². The summed E-state index contributed by atoms with van der Waals surface area (Å²) in [6.07, 6.45) is 0.376. The van der Waals surface area contributed by atoms with E-state index in [-0.39, 0.29) is 32.0 Å². The standard InChI is InChI=1S/C51H48N8O4/c1-3-42-33-46(48-45(53-42)26-27-47(54-48)61-30-31-62-50(60)58-29-28-52-34-36(58)2)63-35-37-24-25-43(38-16-8-4-9-17-38)44(32-37)49-55-57-59(56-49)51(39-18-10-5-11-19-39,40-20-12-6-13-21-40)41-22-14-7-15-23-41/h4-27,32-33,36,52H,3,28-31,34-35H2,1-2H3. The van der Waals surface area contributed by atoms with E-state index in [1.165, 1.54) is 0 Å². The second-order valence-electron chi connectivity index (χ2n) is 15.4. The molecule has 8 aromatic rings. The third-order valence-corrected chi connectivity index (χ3v) is 11.4. The number of carbonyl (C=O) groups is 1. The lowest BCUT2D eigenvalue weighted by Crippen LogP contribution is -2.52. The molecule has 9 rings (SSSR count). The number of hydrogen-bond donors (Lipinski definition) is 1. The van der Waals surface area contributed by atoms with Crippen LogP contribution in [0.4, 0.5) is 4.79 Å². The van der Waals surface area contributed by atoms with E-state index in [1.807, 2.05) is 91.9 Å². The number of nitrogens with zero attached hydrogens (tertiary/aromatic N) is 7. The minimum atomic E-state index is -0.925. The fourth-order valence-electron chi connectivity index (χ4n) is 8.20. The molecule has 1 aliphatic rings. The van der Waals surface area contributed by atoms with Gasteiger partial charge < -0.3 is 24.4 Å². The molecule has 316 valence electrons. The van der Waals surface area contributed by atoms with Gasteiger partial charge in [-0.25, -0.2) is 9.78 Å². The molecule has 1 fully saturated rings. The van der Waals surface area contributed by atoms with Crippen LogP contribution in [-0.4, -0.2) is 80.1 Å². The quantitative estimate of drug-likeness (QED) is 0.0839. The molecule has 1 atom stereocenters. The molecule has 4 heterocycles. The van der Waals surface area contributed by atoms with Gasteiger partial charge in [0.15, 0.2) is 5.54 Å². The van der Waals surface area contributed by atoms with Crippen LogP contribution in [0.3, 0.4) is 0 Å². The molecular weight excluding hydrogens is 789 g/mol. The minimum Gasteiger partial charge on any atom is -0.486 e. The summed E-state index contributed by atoms with van der Waals surface area (Å²) in [6.45, 7) is 6.63. The summed E-state index contributed by atoms with van der Waals surface area (Å²) in [5, 5.41) is 18.2. The van der Waals surface area contributed by atoms with Crippen molar-refractivity contribution in [2.45, 2.75) is 38.5 Å². The number of aromatic nitrogens is 6. The van der Waals surface area contributed by atoms with Crippen LogP contribution in [0.15, 0.2) is 158 Å². The number of ether oxygens (including phenoxy) is 3. The van der Waals surface area contributed by atoms with Gasteiger partial charge in [-0.2, -0.15) is 0 Å². The van der Waals surface area contributed by atoms with E-state index in [0.29, 0.717) is 35.0 Å². The molecule has 1 N–H and O–H groups in total. The lowest BCUT2D eigenvalue weighted by molar-refractivity contribution is 0.0699. The fraction of sp³-hybridized carbons (Fsp3) is 0.216. The molecule has 12 heteroatoms. The van der Waals surface area contributed by atoms with Crippen LogP contribution in [0.2, 0.25) is 0 Å². The average Bonchev–Trinajstić information content (AvgIpc) is 3.84. The highest BCUT2D eigenvalue weighted by molar-refractivity contribution is 5.82. The number of piperazine rings is 1. The van der Waals surface area contributed by atoms with Crippen LogP contribution in [-0.2, 0) is 23.3 Å². The minimum absolute atomic E-state index is 0.0686. The summed E-state index contributed by atoms with van der Waals surface area (Å²) in [6, 6.07) is 53.0. The van der Waals surface area contributed by atoms with Crippen LogP contribution in [0.1, 0.15) is 41.8 Å². The van der Waals surface area contributed by atoms with Crippen LogP contribution in [0.5, 0.6) is 11.6 Å². The summed E-state index contributed by atoms with van der Waals surface area (Å²) in [5.74, 6) is 1.44. The molecule has 0 radical (unpaired) electrons. The number of carbonyl (C=O) groups excluding carboxylic acids is 1. The third-order valence-electron chi connectivity index (χ3n) is 11.4. The van der Waals surface area contributed by atoms with Crippen molar-refractivity contribution < 1.29 is 19.0 Å². The highest BCUT2D eigenvalue weighted by Crippen LogP contribution is 2.41. The number of benzene rings is 5. The Balaban J connectivity index is 1.03. The molecule has 5 aromatic carbocycles. The first kappa shape index (κ1) is 40.9. The first-order valence-electron chi connectivity index (χ1n) is 21.4. The Morgan fingerprint density at radius 2 is 1.41 bits per heavy atom. The van der Waals surface area contributed by atoms with Crippen molar-refractivity contribution in [1.29, 1.82) is 0 Å². The van der Waals surface area contributed by atoms with Crippen molar-refractivity contribution in [3.05, 3.63) is 186 Å². The zero-order chi connectivity index (χ0) is 43.0. The summed E-state index contributed by atoms with van der Waals surface area (Å²) in [4.78, 5) is 25.7. The van der Waals surface area contributed by atoms with Gasteiger partial charge in [0.2, 0.25) is 11.7 Å². The number of fused-ring (bicyclic) bond motifs is 1. The molecule has 1 saturated heterocycles. The molecule has 1 unspecified atom stereocenters. The maximum Gasteiger partial charge on any atom is 0.410 e. The lowest BCUT2D eigenvalue weighted by atomic mass is 9.77. The van der Waals surface area contributed by atoms with E-state index in [2.05, 4.69) is 79.0 Å². The Bertz CT molecular complexity index is 2690. The molecule has 63 heavy (non-hydrogen) atoms. The van der Waals surface area contributed by atoms with Gasteiger partial charge >= 0.3 is 6.09 Å². The van der Waals surface area contributed by atoms with E-state index < -0.39 is 5.54 Å². The lowest BCUT2D eigenvalue weighted by Gasteiger charge is -2.34. The van der Waals surface area contributed by atoms with Crippen molar-refractivity contribution in [1.82, 2.24) is 40.4 Å². The van der Waals surface area contributed by atoms with E-state index in [0.717, 1.165) is 64.1 Å².